The number of anilines is 2. The largest absolute Gasteiger partial charge is 0.455 e. The lowest BCUT2D eigenvalue weighted by molar-refractivity contribution is 0.674. The van der Waals surface area contributed by atoms with Crippen LogP contribution in [-0.2, 0) is 6.42 Å². The third-order valence-electron chi connectivity index (χ3n) is 11.7. The lowest BCUT2D eigenvalue weighted by atomic mass is 9.97. The Bertz CT molecular complexity index is 3280. The molecule has 0 aliphatic carbocycles. The van der Waals surface area contributed by atoms with Crippen LogP contribution in [0.4, 0.5) is 11.4 Å². The van der Waals surface area contributed by atoms with Gasteiger partial charge in [-0.15, -0.1) is 11.3 Å². The van der Waals surface area contributed by atoms with Crippen LogP contribution in [0.25, 0.3) is 76.0 Å². The van der Waals surface area contributed by atoms with E-state index in [1.807, 2.05) is 11.3 Å². The van der Waals surface area contributed by atoms with E-state index in [1.54, 1.807) is 0 Å². The van der Waals surface area contributed by atoms with Gasteiger partial charge in [-0.25, -0.2) is 0 Å². The number of benzene rings is 8. The van der Waals surface area contributed by atoms with Crippen molar-refractivity contribution < 1.29 is 4.42 Å². The van der Waals surface area contributed by atoms with Gasteiger partial charge in [0.2, 0.25) is 0 Å². The number of allylic oxidation sites excluding steroid dienone is 5. The number of nitrogens with zero attached hydrogens (tertiary/aromatic N) is 1. The van der Waals surface area contributed by atoms with Crippen molar-refractivity contribution in [1.29, 1.82) is 0 Å². The van der Waals surface area contributed by atoms with Gasteiger partial charge in [-0.2, -0.15) is 0 Å². The molecule has 59 heavy (non-hydrogen) atoms. The molecule has 10 aromatic rings. The molecule has 8 aromatic carbocycles. The minimum atomic E-state index is 0.827. The second kappa shape index (κ2) is 15.4. The van der Waals surface area contributed by atoms with Crippen LogP contribution in [0.3, 0.4) is 0 Å². The number of aryl methyl sites for hydroxylation is 1. The lowest BCUT2D eigenvalue weighted by Gasteiger charge is -2.30. The fourth-order valence-electron chi connectivity index (χ4n) is 8.74. The van der Waals surface area contributed by atoms with E-state index in [1.165, 1.54) is 53.4 Å². The van der Waals surface area contributed by atoms with Crippen molar-refractivity contribution in [2.45, 2.75) is 27.2 Å². The normalized spacial score (nSPS) is 12.5. The Balaban J connectivity index is 1.07. The SMILES string of the molecule is C/C=C(\C=C/Cc1ccc(N(/C(=C/C)c2sc3ccccc3c2C)c2ccccc2-c2cccc3c2oc2c4ccccc4ccc32)cc1)c1cccc2ccccc12. The average Bonchev–Trinajstić information content (AvgIpc) is 3.85. The standard InChI is InChI=1S/C56H43NOS/c1-4-39(44-26-15-21-40-18-6-8-23-45(40)44)20-14-17-38-31-34-42(35-32-38)57(51(5-2)56-37(3)43-22-11-13-30-53(43)59-56)52-29-12-10-25-47(52)48-27-16-28-49-50-36-33-41-19-7-9-24-46(41)54(50)58-55(48)49/h4-16,18-36H,17H2,1-3H3/b20-14-,39-4+,51-5+. The summed E-state index contributed by atoms with van der Waals surface area (Å²) in [7, 11) is 0. The van der Waals surface area contributed by atoms with Crippen molar-refractivity contribution in [3.8, 4) is 11.1 Å². The molecule has 0 bridgehead atoms. The Morgan fingerprint density at radius 2 is 1.20 bits per heavy atom. The second-order valence-electron chi connectivity index (χ2n) is 15.1. The Morgan fingerprint density at radius 3 is 2.00 bits per heavy atom. The van der Waals surface area contributed by atoms with Crippen molar-refractivity contribution in [3.05, 3.63) is 216 Å². The van der Waals surface area contributed by atoms with Crippen LogP contribution in [-0.4, -0.2) is 0 Å². The van der Waals surface area contributed by atoms with Crippen LogP contribution in [0.15, 0.2) is 199 Å². The lowest BCUT2D eigenvalue weighted by Crippen LogP contribution is -2.16. The molecule has 284 valence electrons. The molecule has 0 N–H and O–H groups in total. The molecule has 0 saturated carbocycles. The van der Waals surface area contributed by atoms with Gasteiger partial charge in [-0.3, -0.25) is 0 Å². The summed E-state index contributed by atoms with van der Waals surface area (Å²) in [6.45, 7) is 6.54. The molecule has 10 rings (SSSR count). The molecule has 0 atom stereocenters. The maximum atomic E-state index is 6.91. The van der Waals surface area contributed by atoms with Crippen LogP contribution in [0.2, 0.25) is 0 Å². The highest BCUT2D eigenvalue weighted by Gasteiger charge is 2.25. The summed E-state index contributed by atoms with van der Waals surface area (Å²) in [5, 5.41) is 8.39. The van der Waals surface area contributed by atoms with Gasteiger partial charge in [0.1, 0.15) is 11.2 Å². The number of thiophene rings is 1. The fourth-order valence-corrected chi connectivity index (χ4v) is 10.0. The smallest absolute Gasteiger partial charge is 0.143 e. The predicted octanol–water partition coefficient (Wildman–Crippen LogP) is 16.5. The first-order chi connectivity index (χ1) is 29.1. The van der Waals surface area contributed by atoms with E-state index in [2.05, 4.69) is 220 Å². The molecule has 0 aliphatic rings. The average molecular weight is 778 g/mol. The first-order valence-electron chi connectivity index (χ1n) is 20.4. The van der Waals surface area contributed by atoms with E-state index in [4.69, 9.17) is 4.42 Å². The van der Waals surface area contributed by atoms with Crippen LogP contribution < -0.4 is 4.90 Å². The first kappa shape index (κ1) is 36.4. The highest BCUT2D eigenvalue weighted by molar-refractivity contribution is 7.20. The van der Waals surface area contributed by atoms with Gasteiger partial charge in [-0.1, -0.05) is 164 Å². The molecular weight excluding hydrogens is 735 g/mol. The van der Waals surface area contributed by atoms with Crippen molar-refractivity contribution in [3.63, 3.8) is 0 Å². The number of furan rings is 1. The molecule has 2 nitrogen and oxygen atoms in total. The van der Waals surface area contributed by atoms with E-state index in [0.29, 0.717) is 0 Å². The van der Waals surface area contributed by atoms with E-state index in [-0.39, 0.29) is 0 Å². The van der Waals surface area contributed by atoms with Crippen LogP contribution in [0.1, 0.15) is 35.4 Å². The quantitative estimate of drug-likeness (QED) is 0.136. The molecule has 0 unspecified atom stereocenters. The number of fused-ring (bicyclic) bond motifs is 7. The Labute approximate surface area is 349 Å². The molecule has 0 aliphatic heterocycles. The Morgan fingerprint density at radius 1 is 0.559 bits per heavy atom. The summed E-state index contributed by atoms with van der Waals surface area (Å²) in [5.41, 5.74) is 12.4. The highest BCUT2D eigenvalue weighted by Crippen LogP contribution is 2.47. The monoisotopic (exact) mass is 777 g/mol. The number of para-hydroxylation sites is 2. The molecule has 0 fully saturated rings. The second-order valence-corrected chi connectivity index (χ2v) is 16.1. The fraction of sp³-hybridized carbons (Fsp3) is 0.0714. The van der Waals surface area contributed by atoms with Crippen LogP contribution in [0, 0.1) is 6.92 Å². The van der Waals surface area contributed by atoms with Crippen molar-refractivity contribution in [2.75, 3.05) is 4.90 Å². The molecule has 0 saturated heterocycles. The van der Waals surface area contributed by atoms with E-state index >= 15 is 0 Å². The van der Waals surface area contributed by atoms with Gasteiger partial charge in [0, 0.05) is 37.7 Å². The summed E-state index contributed by atoms with van der Waals surface area (Å²) in [6.07, 6.45) is 9.86. The molecule has 0 spiro atoms. The zero-order valence-corrected chi connectivity index (χ0v) is 34.3. The molecule has 0 radical (unpaired) electrons. The number of rotatable bonds is 9. The van der Waals surface area contributed by atoms with E-state index < -0.39 is 0 Å². The summed E-state index contributed by atoms with van der Waals surface area (Å²) >= 11 is 1.86. The van der Waals surface area contributed by atoms with E-state index in [9.17, 15) is 0 Å². The summed E-state index contributed by atoms with van der Waals surface area (Å²) in [6, 6.07) is 61.2. The number of hydrogen-bond acceptors (Lipinski definition) is 3. The van der Waals surface area contributed by atoms with Gasteiger partial charge in [0.15, 0.2) is 0 Å². The topological polar surface area (TPSA) is 16.4 Å². The molecular formula is C56H43NOS. The van der Waals surface area contributed by atoms with Crippen LogP contribution >= 0.6 is 11.3 Å². The first-order valence-corrected chi connectivity index (χ1v) is 21.2. The third kappa shape index (κ3) is 6.45. The summed E-state index contributed by atoms with van der Waals surface area (Å²) in [5.74, 6) is 0. The minimum Gasteiger partial charge on any atom is -0.455 e. The summed E-state index contributed by atoms with van der Waals surface area (Å²) in [4.78, 5) is 3.71. The molecule has 2 aromatic heterocycles. The van der Waals surface area contributed by atoms with Crippen LogP contribution in [0.5, 0.6) is 0 Å². The number of hydrogen-bond donors (Lipinski definition) is 0. The molecule has 0 amide bonds. The maximum absolute atomic E-state index is 6.91. The van der Waals surface area contributed by atoms with Gasteiger partial charge >= 0.3 is 0 Å². The van der Waals surface area contributed by atoms with Crippen molar-refractivity contribution >= 4 is 87.6 Å². The van der Waals surface area contributed by atoms with Gasteiger partial charge < -0.3 is 9.32 Å². The maximum Gasteiger partial charge on any atom is 0.143 e. The Hall–Kier alpha value is -6.94. The highest BCUT2D eigenvalue weighted by atomic mass is 32.1. The van der Waals surface area contributed by atoms with Gasteiger partial charge in [0.05, 0.1) is 16.3 Å². The van der Waals surface area contributed by atoms with Crippen molar-refractivity contribution in [2.24, 2.45) is 0 Å². The molecule has 3 heteroatoms. The third-order valence-corrected chi connectivity index (χ3v) is 13.0. The molecule has 2 heterocycles. The predicted molar refractivity (Wildman–Crippen MR) is 256 cm³/mol. The minimum absolute atomic E-state index is 0.827. The van der Waals surface area contributed by atoms with Gasteiger partial charge in [0.25, 0.3) is 0 Å². The Kier molecular flexibility index (Phi) is 9.52. The van der Waals surface area contributed by atoms with E-state index in [0.717, 1.165) is 61.9 Å². The zero-order chi connectivity index (χ0) is 39.9. The zero-order valence-electron chi connectivity index (χ0n) is 33.4. The summed E-state index contributed by atoms with van der Waals surface area (Å²) < 4.78 is 8.20. The van der Waals surface area contributed by atoms with Crippen molar-refractivity contribution in [1.82, 2.24) is 0 Å². The van der Waals surface area contributed by atoms with Gasteiger partial charge in [-0.05, 0) is 101 Å².